The highest BCUT2D eigenvalue weighted by Crippen LogP contribution is 2.55. The van der Waals surface area contributed by atoms with Gasteiger partial charge in [0.25, 0.3) is 0 Å². The number of carbonyl (C=O) groups excluding carboxylic acids is 2. The molecule has 0 N–H and O–H groups in total. The molecule has 2 aromatic carbocycles. The molecule has 186 valence electrons. The zero-order valence-corrected chi connectivity index (χ0v) is 20.9. The molecule has 2 heterocycles. The Balaban J connectivity index is 1.14. The Bertz CT molecular complexity index is 1240. The normalized spacial score (nSPS) is 39.5. The van der Waals surface area contributed by atoms with Crippen LogP contribution in [0.15, 0.2) is 48.0 Å². The zero-order valence-electron chi connectivity index (χ0n) is 20.9. The largest absolute Gasteiger partial charge is 0.372 e. The number of nitrogens with zero attached hydrogens (tertiary/aromatic N) is 1. The molecule has 5 fully saturated rings. The van der Waals surface area contributed by atoms with Crippen LogP contribution in [0.1, 0.15) is 84.9 Å². The number of Topliss-reactive ketones (excluding diaryl/α,β-unsaturated/α-hetero) is 2. The molecule has 2 aliphatic heterocycles. The summed E-state index contributed by atoms with van der Waals surface area (Å²) in [5, 5.41) is 2.04. The smallest absolute Gasteiger partial charge is 0.197 e. The first-order valence-corrected chi connectivity index (χ1v) is 14.4. The number of ketones is 2. The van der Waals surface area contributed by atoms with E-state index in [1.807, 2.05) is 36.4 Å². The maximum atomic E-state index is 13.5. The molecule has 2 saturated heterocycles. The van der Waals surface area contributed by atoms with Gasteiger partial charge < -0.3 is 4.74 Å². The van der Waals surface area contributed by atoms with Crippen LogP contribution >= 0.6 is 0 Å². The van der Waals surface area contributed by atoms with Gasteiger partial charge in [0.05, 0.1) is 17.8 Å². The minimum absolute atomic E-state index is 0.0802. The number of hydrogen-bond acceptors (Lipinski definition) is 4. The molecule has 6 aliphatic rings. The van der Waals surface area contributed by atoms with Gasteiger partial charge in [0.2, 0.25) is 0 Å². The van der Waals surface area contributed by atoms with Gasteiger partial charge in [-0.15, -0.1) is 0 Å². The van der Waals surface area contributed by atoms with Gasteiger partial charge in [-0.2, -0.15) is 0 Å². The zero-order chi connectivity index (χ0) is 24.0. The predicted molar refractivity (Wildman–Crippen MR) is 139 cm³/mol. The monoisotopic (exact) mass is 481 g/mol. The topological polar surface area (TPSA) is 46.6 Å². The van der Waals surface area contributed by atoms with E-state index in [1.54, 1.807) is 0 Å². The molecule has 0 bridgehead atoms. The third kappa shape index (κ3) is 3.07. The Morgan fingerprint density at radius 1 is 0.750 bits per heavy atom. The lowest BCUT2D eigenvalue weighted by molar-refractivity contribution is -0.181. The molecule has 2 aromatic rings. The Labute approximate surface area is 213 Å². The number of hydrogen-bond donors (Lipinski definition) is 0. The molecule has 0 radical (unpaired) electrons. The van der Waals surface area contributed by atoms with Gasteiger partial charge in [-0.05, 0) is 79.2 Å². The van der Waals surface area contributed by atoms with Gasteiger partial charge in [-0.1, -0.05) is 56.0 Å². The highest BCUT2D eigenvalue weighted by atomic mass is 16.5. The number of fused-ring (bicyclic) bond motifs is 7. The standard InChI is InChI=1S/C32H35NO3/c34-31-23-16-19-7-1-2-8-20(19)17-24(23)32(35)25(31)14-18-13-22-21-9-3-4-10-26(21)33-27-11-5-6-12-28(27)36-29(15-18)30(22)33/h1-2,7-8,14,16-18,21-22,26-30H,3-6,9-13,15H2. The number of benzene rings is 2. The van der Waals surface area contributed by atoms with Crippen molar-refractivity contribution in [2.24, 2.45) is 17.8 Å². The molecule has 0 aromatic heterocycles. The number of rotatable bonds is 1. The van der Waals surface area contributed by atoms with E-state index in [9.17, 15) is 9.59 Å². The van der Waals surface area contributed by atoms with E-state index in [-0.39, 0.29) is 23.6 Å². The minimum Gasteiger partial charge on any atom is -0.372 e. The van der Waals surface area contributed by atoms with Crippen molar-refractivity contribution in [2.75, 3.05) is 0 Å². The summed E-state index contributed by atoms with van der Waals surface area (Å²) in [4.78, 5) is 29.9. The second-order valence-corrected chi connectivity index (χ2v) is 12.4. The van der Waals surface area contributed by atoms with Crippen LogP contribution in [0, 0.1) is 17.8 Å². The van der Waals surface area contributed by atoms with Gasteiger partial charge in [0, 0.05) is 29.3 Å². The molecule has 8 rings (SSSR count). The highest BCUT2D eigenvalue weighted by Gasteiger charge is 2.60. The molecule has 4 nitrogen and oxygen atoms in total. The first-order valence-electron chi connectivity index (χ1n) is 14.4. The summed E-state index contributed by atoms with van der Waals surface area (Å²) in [6.45, 7) is 0. The van der Waals surface area contributed by atoms with Crippen molar-refractivity contribution < 1.29 is 14.3 Å². The first kappa shape index (κ1) is 21.8. The molecule has 3 saturated carbocycles. The molecular weight excluding hydrogens is 446 g/mol. The van der Waals surface area contributed by atoms with E-state index in [4.69, 9.17) is 4.74 Å². The SMILES string of the molecule is O=C1C(=CC2CC3OC4CCCCC4N4C5CCCCC5C(C2)C34)C(=O)c2cc3ccccc3cc21. The number of carbonyl (C=O) groups is 2. The highest BCUT2D eigenvalue weighted by molar-refractivity contribution is 6.40. The average molecular weight is 482 g/mol. The van der Waals surface area contributed by atoms with E-state index >= 15 is 0 Å². The third-order valence-electron chi connectivity index (χ3n) is 10.7. The summed E-state index contributed by atoms with van der Waals surface area (Å²) < 4.78 is 6.90. The molecule has 8 unspecified atom stereocenters. The third-order valence-corrected chi connectivity index (χ3v) is 10.7. The van der Waals surface area contributed by atoms with Crippen LogP contribution in [-0.2, 0) is 4.74 Å². The summed E-state index contributed by atoms with van der Waals surface area (Å²) in [7, 11) is 0. The lowest BCUT2D eigenvalue weighted by Crippen LogP contribution is -2.63. The van der Waals surface area contributed by atoms with Crippen molar-refractivity contribution >= 4 is 22.3 Å². The lowest BCUT2D eigenvalue weighted by atomic mass is 9.68. The minimum atomic E-state index is -0.0802. The summed E-state index contributed by atoms with van der Waals surface area (Å²) in [5.74, 6) is 1.47. The lowest BCUT2D eigenvalue weighted by Gasteiger charge is -2.54. The van der Waals surface area contributed by atoms with Crippen LogP contribution in [0.3, 0.4) is 0 Å². The van der Waals surface area contributed by atoms with E-state index in [1.165, 1.54) is 51.4 Å². The molecule has 4 aliphatic carbocycles. The quantitative estimate of drug-likeness (QED) is 0.363. The molecule has 4 heteroatoms. The fourth-order valence-corrected chi connectivity index (χ4v) is 9.31. The average Bonchev–Trinajstić information content (AvgIpc) is 3.36. The van der Waals surface area contributed by atoms with Crippen LogP contribution in [-0.4, -0.2) is 46.8 Å². The van der Waals surface area contributed by atoms with Crippen molar-refractivity contribution in [3.05, 3.63) is 59.2 Å². The fourth-order valence-electron chi connectivity index (χ4n) is 9.31. The van der Waals surface area contributed by atoms with E-state index < -0.39 is 0 Å². The molecular formula is C32H35NO3. The van der Waals surface area contributed by atoms with E-state index in [0.717, 1.165) is 35.6 Å². The number of allylic oxidation sites excluding steroid dienone is 2. The Kier molecular flexibility index (Phi) is 4.89. The first-order chi connectivity index (χ1) is 17.7. The maximum absolute atomic E-state index is 13.5. The fraction of sp³-hybridized carbons (Fsp3) is 0.562. The van der Waals surface area contributed by atoms with Crippen molar-refractivity contribution in [1.82, 2.24) is 4.90 Å². The number of morpholine rings is 1. The Morgan fingerprint density at radius 3 is 2.17 bits per heavy atom. The maximum Gasteiger partial charge on any atom is 0.197 e. The molecule has 36 heavy (non-hydrogen) atoms. The Morgan fingerprint density at radius 2 is 1.42 bits per heavy atom. The van der Waals surface area contributed by atoms with Crippen molar-refractivity contribution in [3.8, 4) is 0 Å². The van der Waals surface area contributed by atoms with Crippen molar-refractivity contribution in [2.45, 2.75) is 94.5 Å². The van der Waals surface area contributed by atoms with Gasteiger partial charge in [0.15, 0.2) is 11.6 Å². The second-order valence-electron chi connectivity index (χ2n) is 12.4. The van der Waals surface area contributed by atoms with Crippen molar-refractivity contribution in [3.63, 3.8) is 0 Å². The summed E-state index contributed by atoms with van der Waals surface area (Å²) >= 11 is 0. The van der Waals surface area contributed by atoms with E-state index in [2.05, 4.69) is 11.0 Å². The van der Waals surface area contributed by atoms with Gasteiger partial charge in [-0.25, -0.2) is 0 Å². The number of ether oxygens (including phenoxy) is 1. The second kappa shape index (κ2) is 8.10. The molecule has 0 amide bonds. The van der Waals surface area contributed by atoms with Crippen LogP contribution in [0.5, 0.6) is 0 Å². The van der Waals surface area contributed by atoms with Crippen molar-refractivity contribution in [1.29, 1.82) is 0 Å². The molecule has 8 atom stereocenters. The van der Waals surface area contributed by atoms with Gasteiger partial charge in [-0.3, -0.25) is 14.5 Å². The van der Waals surface area contributed by atoms with Gasteiger partial charge >= 0.3 is 0 Å². The van der Waals surface area contributed by atoms with Crippen LogP contribution in [0.2, 0.25) is 0 Å². The summed E-state index contributed by atoms with van der Waals surface area (Å²) in [6.07, 6.45) is 15.3. The Hall–Kier alpha value is -2.30. The van der Waals surface area contributed by atoms with Gasteiger partial charge in [0.1, 0.15) is 0 Å². The van der Waals surface area contributed by atoms with Crippen LogP contribution in [0.25, 0.3) is 10.8 Å². The van der Waals surface area contributed by atoms with Crippen LogP contribution in [0.4, 0.5) is 0 Å². The predicted octanol–water partition coefficient (Wildman–Crippen LogP) is 6.12. The molecule has 0 spiro atoms. The summed E-state index contributed by atoms with van der Waals surface area (Å²) in [6, 6.07) is 13.7. The van der Waals surface area contributed by atoms with Crippen LogP contribution < -0.4 is 0 Å². The van der Waals surface area contributed by atoms with E-state index in [0.29, 0.717) is 40.8 Å². The summed E-state index contributed by atoms with van der Waals surface area (Å²) in [5.41, 5.74) is 1.57.